The number of hydrogen-bond acceptors (Lipinski definition) is 5. The van der Waals surface area contributed by atoms with E-state index in [0.717, 1.165) is 61.7 Å². The average Bonchev–Trinajstić information content (AvgIpc) is 2.51. The average molecular weight is 272 g/mol. The summed E-state index contributed by atoms with van der Waals surface area (Å²) >= 11 is 0. The van der Waals surface area contributed by atoms with Crippen LogP contribution >= 0.6 is 0 Å². The standard InChI is InChI=1S/C15H20N4O/c16-13-3-4-14(15-12(13)2-1-5-18-15)17-6-7-19-8-10-20-11-9-19/h1-5,17H,6-11,16H2. The first-order chi connectivity index (χ1) is 9.84. The molecule has 0 bridgehead atoms. The van der Waals surface area contributed by atoms with Gasteiger partial charge in [0.05, 0.1) is 24.4 Å². The number of nitrogens with zero attached hydrogens (tertiary/aromatic N) is 2. The van der Waals surface area contributed by atoms with Crippen LogP contribution in [0.5, 0.6) is 0 Å². The number of nitrogen functional groups attached to an aromatic ring is 1. The minimum absolute atomic E-state index is 0.770. The summed E-state index contributed by atoms with van der Waals surface area (Å²) in [5.41, 5.74) is 8.73. The summed E-state index contributed by atoms with van der Waals surface area (Å²) in [6.07, 6.45) is 1.80. The van der Waals surface area contributed by atoms with E-state index in [9.17, 15) is 0 Å². The van der Waals surface area contributed by atoms with Gasteiger partial charge in [-0.1, -0.05) is 0 Å². The number of morpholine rings is 1. The summed E-state index contributed by atoms with van der Waals surface area (Å²) < 4.78 is 5.35. The summed E-state index contributed by atoms with van der Waals surface area (Å²) in [7, 11) is 0. The fraction of sp³-hybridized carbons (Fsp3) is 0.400. The van der Waals surface area contributed by atoms with Crippen LogP contribution in [0, 0.1) is 0 Å². The highest BCUT2D eigenvalue weighted by atomic mass is 16.5. The van der Waals surface area contributed by atoms with Crippen molar-refractivity contribution >= 4 is 22.3 Å². The van der Waals surface area contributed by atoms with Crippen molar-refractivity contribution in [3.05, 3.63) is 30.5 Å². The maximum atomic E-state index is 5.98. The predicted molar refractivity (Wildman–Crippen MR) is 81.9 cm³/mol. The molecule has 1 aromatic heterocycles. The van der Waals surface area contributed by atoms with Crippen molar-refractivity contribution < 1.29 is 4.74 Å². The second-order valence-electron chi connectivity index (χ2n) is 4.98. The van der Waals surface area contributed by atoms with Gasteiger partial charge in [-0.15, -0.1) is 0 Å². The first kappa shape index (κ1) is 13.1. The zero-order valence-corrected chi connectivity index (χ0v) is 11.5. The quantitative estimate of drug-likeness (QED) is 0.827. The number of nitrogens with two attached hydrogens (primary N) is 1. The van der Waals surface area contributed by atoms with Crippen molar-refractivity contribution in [1.29, 1.82) is 0 Å². The number of benzene rings is 1. The van der Waals surface area contributed by atoms with Crippen molar-refractivity contribution in [2.45, 2.75) is 0 Å². The number of fused-ring (bicyclic) bond motifs is 1. The van der Waals surface area contributed by atoms with Gasteiger partial charge in [0.15, 0.2) is 0 Å². The molecule has 2 heterocycles. The Morgan fingerprint density at radius 3 is 2.95 bits per heavy atom. The number of pyridine rings is 1. The van der Waals surface area contributed by atoms with E-state index in [0.29, 0.717) is 0 Å². The van der Waals surface area contributed by atoms with E-state index in [1.54, 1.807) is 6.20 Å². The lowest BCUT2D eigenvalue weighted by Gasteiger charge is -2.26. The molecule has 106 valence electrons. The van der Waals surface area contributed by atoms with E-state index in [-0.39, 0.29) is 0 Å². The highest BCUT2D eigenvalue weighted by molar-refractivity contribution is 5.98. The lowest BCUT2D eigenvalue weighted by atomic mass is 10.1. The first-order valence-corrected chi connectivity index (χ1v) is 7.02. The van der Waals surface area contributed by atoms with Gasteiger partial charge in [-0.3, -0.25) is 9.88 Å². The number of aromatic nitrogens is 1. The molecular weight excluding hydrogens is 252 g/mol. The van der Waals surface area contributed by atoms with Gasteiger partial charge in [0, 0.05) is 43.4 Å². The third-order valence-electron chi connectivity index (χ3n) is 3.65. The lowest BCUT2D eigenvalue weighted by molar-refractivity contribution is 0.0398. The summed E-state index contributed by atoms with van der Waals surface area (Å²) in [6, 6.07) is 7.85. The summed E-state index contributed by atoms with van der Waals surface area (Å²) in [6.45, 7) is 5.63. The molecule has 1 fully saturated rings. The molecule has 0 spiro atoms. The molecule has 0 atom stereocenters. The second kappa shape index (κ2) is 6.07. The fourth-order valence-corrected chi connectivity index (χ4v) is 2.51. The number of anilines is 2. The van der Waals surface area contributed by atoms with E-state index in [1.165, 1.54) is 0 Å². The van der Waals surface area contributed by atoms with Gasteiger partial charge in [-0.25, -0.2) is 0 Å². The maximum Gasteiger partial charge on any atom is 0.0953 e. The molecule has 3 rings (SSSR count). The van der Waals surface area contributed by atoms with Crippen LogP contribution < -0.4 is 11.1 Å². The number of nitrogens with one attached hydrogen (secondary N) is 1. The van der Waals surface area contributed by atoms with Crippen LogP contribution in [0.25, 0.3) is 10.9 Å². The first-order valence-electron chi connectivity index (χ1n) is 7.02. The lowest BCUT2D eigenvalue weighted by Crippen LogP contribution is -2.39. The predicted octanol–water partition coefficient (Wildman–Crippen LogP) is 1.56. The molecule has 0 amide bonds. The Balaban J connectivity index is 1.67. The smallest absolute Gasteiger partial charge is 0.0953 e. The zero-order chi connectivity index (χ0) is 13.8. The Hall–Kier alpha value is -1.85. The molecule has 0 radical (unpaired) electrons. The van der Waals surface area contributed by atoms with Gasteiger partial charge in [0.1, 0.15) is 0 Å². The van der Waals surface area contributed by atoms with Gasteiger partial charge in [-0.05, 0) is 24.3 Å². The molecule has 0 saturated carbocycles. The van der Waals surface area contributed by atoms with Gasteiger partial charge >= 0.3 is 0 Å². The molecule has 5 heteroatoms. The van der Waals surface area contributed by atoms with Crippen LogP contribution in [-0.4, -0.2) is 49.3 Å². The Morgan fingerprint density at radius 2 is 2.10 bits per heavy atom. The molecule has 1 aliphatic rings. The van der Waals surface area contributed by atoms with Crippen molar-refractivity contribution in [1.82, 2.24) is 9.88 Å². The molecule has 5 nitrogen and oxygen atoms in total. The number of hydrogen-bond donors (Lipinski definition) is 2. The van der Waals surface area contributed by atoms with Gasteiger partial charge in [0.2, 0.25) is 0 Å². The highest BCUT2D eigenvalue weighted by Gasteiger charge is 2.10. The monoisotopic (exact) mass is 272 g/mol. The Bertz CT molecular complexity index is 581. The number of rotatable bonds is 4. The van der Waals surface area contributed by atoms with Crippen LogP contribution in [0.4, 0.5) is 11.4 Å². The Morgan fingerprint density at radius 1 is 1.25 bits per heavy atom. The van der Waals surface area contributed by atoms with E-state index >= 15 is 0 Å². The third-order valence-corrected chi connectivity index (χ3v) is 3.65. The van der Waals surface area contributed by atoms with E-state index in [2.05, 4.69) is 15.2 Å². The summed E-state index contributed by atoms with van der Waals surface area (Å²) in [5.74, 6) is 0. The molecule has 0 unspecified atom stereocenters. The van der Waals surface area contributed by atoms with Crippen molar-refractivity contribution in [2.24, 2.45) is 0 Å². The van der Waals surface area contributed by atoms with Crippen LogP contribution in [0.2, 0.25) is 0 Å². The Labute approximate surface area is 118 Å². The largest absolute Gasteiger partial charge is 0.398 e. The summed E-state index contributed by atoms with van der Waals surface area (Å²) in [5, 5.41) is 4.47. The van der Waals surface area contributed by atoms with E-state index in [1.807, 2.05) is 24.3 Å². The fourth-order valence-electron chi connectivity index (χ4n) is 2.51. The van der Waals surface area contributed by atoms with Crippen molar-refractivity contribution in [3.63, 3.8) is 0 Å². The van der Waals surface area contributed by atoms with Crippen LogP contribution in [0.15, 0.2) is 30.5 Å². The minimum atomic E-state index is 0.770. The van der Waals surface area contributed by atoms with E-state index in [4.69, 9.17) is 10.5 Å². The molecular formula is C15H20N4O. The van der Waals surface area contributed by atoms with Crippen LogP contribution in [0.1, 0.15) is 0 Å². The normalized spacial score (nSPS) is 16.4. The van der Waals surface area contributed by atoms with Gasteiger partial charge in [0.25, 0.3) is 0 Å². The summed E-state index contributed by atoms with van der Waals surface area (Å²) in [4.78, 5) is 6.84. The van der Waals surface area contributed by atoms with E-state index < -0.39 is 0 Å². The number of ether oxygens (including phenoxy) is 1. The van der Waals surface area contributed by atoms with Crippen molar-refractivity contribution in [3.8, 4) is 0 Å². The minimum Gasteiger partial charge on any atom is -0.398 e. The molecule has 1 aliphatic heterocycles. The molecule has 0 aliphatic carbocycles. The molecule has 20 heavy (non-hydrogen) atoms. The topological polar surface area (TPSA) is 63.4 Å². The third kappa shape index (κ3) is 2.84. The van der Waals surface area contributed by atoms with Gasteiger partial charge < -0.3 is 15.8 Å². The van der Waals surface area contributed by atoms with Crippen molar-refractivity contribution in [2.75, 3.05) is 50.4 Å². The second-order valence-corrected chi connectivity index (χ2v) is 4.98. The van der Waals surface area contributed by atoms with Gasteiger partial charge in [-0.2, -0.15) is 0 Å². The molecule has 2 aromatic rings. The highest BCUT2D eigenvalue weighted by Crippen LogP contribution is 2.25. The molecule has 1 saturated heterocycles. The van der Waals surface area contributed by atoms with Crippen LogP contribution in [-0.2, 0) is 4.74 Å². The maximum absolute atomic E-state index is 5.98. The van der Waals surface area contributed by atoms with Crippen LogP contribution in [0.3, 0.4) is 0 Å². The molecule has 3 N–H and O–H groups in total. The SMILES string of the molecule is Nc1ccc(NCCN2CCOCC2)c2ncccc12. The Kier molecular flexibility index (Phi) is 3.99. The molecule has 1 aromatic carbocycles. The zero-order valence-electron chi connectivity index (χ0n) is 11.5.